The Hall–Kier alpha value is -1.75. The Morgan fingerprint density at radius 2 is 1.80 bits per heavy atom. The van der Waals surface area contributed by atoms with E-state index in [0.29, 0.717) is 11.6 Å². The highest BCUT2D eigenvalue weighted by Crippen LogP contribution is 2.10. The number of rotatable bonds is 6. The summed E-state index contributed by atoms with van der Waals surface area (Å²) in [5.74, 6) is -1.53. The number of nitrogens with one attached hydrogen (secondary N) is 2. The molecule has 1 unspecified atom stereocenters. The summed E-state index contributed by atoms with van der Waals surface area (Å²) in [5, 5.41) is 14.9. The Kier molecular flexibility index (Phi) is 6.31. The van der Waals surface area contributed by atoms with Crippen molar-refractivity contribution in [3.8, 4) is 0 Å². The van der Waals surface area contributed by atoms with Crippen molar-refractivity contribution in [3.63, 3.8) is 0 Å². The lowest BCUT2D eigenvalue weighted by Crippen LogP contribution is -2.40. The van der Waals surface area contributed by atoms with Crippen LogP contribution >= 0.6 is 11.6 Å². The van der Waals surface area contributed by atoms with Gasteiger partial charge in [-0.2, -0.15) is 0 Å². The first kappa shape index (κ1) is 16.3. The molecule has 1 aromatic carbocycles. The summed E-state index contributed by atoms with van der Waals surface area (Å²) in [6.07, 6.45) is 0. The highest BCUT2D eigenvalue weighted by Gasteiger charge is 2.21. The molecule has 3 N–H and O–H groups in total. The maximum Gasteiger partial charge on any atom is 0.315 e. The van der Waals surface area contributed by atoms with Gasteiger partial charge in [-0.3, -0.25) is 4.79 Å². The highest BCUT2D eigenvalue weighted by molar-refractivity contribution is 6.30. The topological polar surface area (TPSA) is 78.4 Å². The van der Waals surface area contributed by atoms with E-state index in [-0.39, 0.29) is 18.5 Å². The molecule has 1 rings (SSSR count). The van der Waals surface area contributed by atoms with Gasteiger partial charge in [-0.1, -0.05) is 37.6 Å². The van der Waals surface area contributed by atoms with E-state index in [4.69, 9.17) is 16.7 Å². The molecule has 2 amide bonds. The zero-order valence-corrected chi connectivity index (χ0v) is 12.3. The minimum absolute atomic E-state index is 0.0379. The summed E-state index contributed by atoms with van der Waals surface area (Å²) in [6.45, 7) is 4.10. The molecular weight excluding hydrogens is 280 g/mol. The fraction of sp³-hybridized carbons (Fsp3) is 0.429. The Labute approximate surface area is 123 Å². The number of urea groups is 1. The maximum atomic E-state index is 11.6. The lowest BCUT2D eigenvalue weighted by atomic mass is 9.96. The zero-order chi connectivity index (χ0) is 15.1. The predicted octanol–water partition coefficient (Wildman–Crippen LogP) is 2.50. The van der Waals surface area contributed by atoms with Crippen molar-refractivity contribution in [2.75, 3.05) is 6.54 Å². The molecule has 0 aliphatic carbocycles. The average molecular weight is 299 g/mol. The summed E-state index contributed by atoms with van der Waals surface area (Å²) < 4.78 is 0. The molecule has 6 heteroatoms. The molecule has 0 aliphatic rings. The summed E-state index contributed by atoms with van der Waals surface area (Å²) in [5.41, 5.74) is 0.920. The molecule has 0 aromatic heterocycles. The third-order valence-corrected chi connectivity index (χ3v) is 3.22. The summed E-state index contributed by atoms with van der Waals surface area (Å²) in [4.78, 5) is 22.6. The molecule has 1 aromatic rings. The Morgan fingerprint density at radius 1 is 1.20 bits per heavy atom. The van der Waals surface area contributed by atoms with Gasteiger partial charge in [0.25, 0.3) is 0 Å². The van der Waals surface area contributed by atoms with Crippen LogP contribution in [0.3, 0.4) is 0 Å². The number of hydrogen-bond acceptors (Lipinski definition) is 2. The van der Waals surface area contributed by atoms with Crippen molar-refractivity contribution in [2.45, 2.75) is 20.4 Å². The second kappa shape index (κ2) is 7.75. The molecule has 0 spiro atoms. The molecule has 0 fully saturated rings. The van der Waals surface area contributed by atoms with Gasteiger partial charge < -0.3 is 15.7 Å². The standard InChI is InChI=1S/C14H19ClN2O3/c1-9(2)12(13(18)19)8-17-14(20)16-7-10-3-5-11(15)6-4-10/h3-6,9,12H,7-8H2,1-2H3,(H,18,19)(H2,16,17,20). The van der Waals surface area contributed by atoms with Gasteiger partial charge >= 0.3 is 12.0 Å². The minimum atomic E-state index is -0.905. The van der Waals surface area contributed by atoms with E-state index in [1.807, 2.05) is 26.0 Å². The van der Waals surface area contributed by atoms with Crippen LogP contribution < -0.4 is 10.6 Å². The third kappa shape index (κ3) is 5.48. The Bertz CT molecular complexity index is 460. The molecule has 110 valence electrons. The van der Waals surface area contributed by atoms with Crippen molar-refractivity contribution >= 4 is 23.6 Å². The number of carboxylic acids is 1. The van der Waals surface area contributed by atoms with Crippen molar-refractivity contribution in [1.82, 2.24) is 10.6 Å². The number of aliphatic carboxylic acids is 1. The molecule has 0 heterocycles. The second-order valence-electron chi connectivity index (χ2n) is 4.88. The van der Waals surface area contributed by atoms with Crippen molar-refractivity contribution < 1.29 is 14.7 Å². The first-order valence-electron chi connectivity index (χ1n) is 6.39. The molecule has 0 saturated carbocycles. The number of benzene rings is 1. The zero-order valence-electron chi connectivity index (χ0n) is 11.5. The average Bonchev–Trinajstić information content (AvgIpc) is 2.37. The number of hydrogen-bond donors (Lipinski definition) is 3. The van der Waals surface area contributed by atoms with Crippen LogP contribution in [0.25, 0.3) is 0 Å². The summed E-state index contributed by atoms with van der Waals surface area (Å²) in [7, 11) is 0. The van der Waals surface area contributed by atoms with Crippen molar-refractivity contribution in [1.29, 1.82) is 0 Å². The molecular formula is C14H19ClN2O3. The molecule has 0 aliphatic heterocycles. The number of carbonyl (C=O) groups excluding carboxylic acids is 1. The SMILES string of the molecule is CC(C)C(CNC(=O)NCc1ccc(Cl)cc1)C(=O)O. The van der Waals surface area contributed by atoms with E-state index in [0.717, 1.165) is 5.56 Å². The van der Waals surface area contributed by atoms with Crippen molar-refractivity contribution in [2.24, 2.45) is 11.8 Å². The van der Waals surface area contributed by atoms with E-state index >= 15 is 0 Å². The molecule has 0 radical (unpaired) electrons. The van der Waals surface area contributed by atoms with Crippen LogP contribution in [-0.4, -0.2) is 23.7 Å². The van der Waals surface area contributed by atoms with Gasteiger partial charge in [0.15, 0.2) is 0 Å². The quantitative estimate of drug-likeness (QED) is 0.755. The lowest BCUT2D eigenvalue weighted by Gasteiger charge is -2.17. The highest BCUT2D eigenvalue weighted by atomic mass is 35.5. The molecule has 1 atom stereocenters. The van der Waals surface area contributed by atoms with Gasteiger partial charge in [0, 0.05) is 18.1 Å². The van der Waals surface area contributed by atoms with Crippen LogP contribution in [-0.2, 0) is 11.3 Å². The van der Waals surface area contributed by atoms with E-state index in [2.05, 4.69) is 10.6 Å². The predicted molar refractivity (Wildman–Crippen MR) is 77.7 cm³/mol. The molecule has 20 heavy (non-hydrogen) atoms. The van der Waals surface area contributed by atoms with Gasteiger partial charge in [0.05, 0.1) is 5.92 Å². The van der Waals surface area contributed by atoms with Crippen molar-refractivity contribution in [3.05, 3.63) is 34.9 Å². The van der Waals surface area contributed by atoms with E-state index < -0.39 is 11.9 Å². The largest absolute Gasteiger partial charge is 0.481 e. The molecule has 0 bridgehead atoms. The van der Waals surface area contributed by atoms with E-state index in [1.54, 1.807) is 12.1 Å². The van der Waals surface area contributed by atoms with Crippen LogP contribution in [0.2, 0.25) is 5.02 Å². The first-order valence-corrected chi connectivity index (χ1v) is 6.77. The van der Waals surface area contributed by atoms with Crippen LogP contribution in [0.4, 0.5) is 4.79 Å². The van der Waals surface area contributed by atoms with E-state index in [9.17, 15) is 9.59 Å². The Balaban J connectivity index is 2.36. The van der Waals surface area contributed by atoms with Crippen LogP contribution in [0.5, 0.6) is 0 Å². The smallest absolute Gasteiger partial charge is 0.315 e. The number of amides is 2. The third-order valence-electron chi connectivity index (χ3n) is 2.97. The molecule has 5 nitrogen and oxygen atoms in total. The van der Waals surface area contributed by atoms with Crippen LogP contribution in [0.1, 0.15) is 19.4 Å². The normalized spacial score (nSPS) is 12.0. The maximum absolute atomic E-state index is 11.6. The number of halogens is 1. The fourth-order valence-corrected chi connectivity index (χ4v) is 1.78. The van der Waals surface area contributed by atoms with Gasteiger partial charge in [0.1, 0.15) is 0 Å². The monoisotopic (exact) mass is 298 g/mol. The second-order valence-corrected chi connectivity index (χ2v) is 5.32. The Morgan fingerprint density at radius 3 is 2.30 bits per heavy atom. The lowest BCUT2D eigenvalue weighted by molar-refractivity contribution is -0.142. The van der Waals surface area contributed by atoms with E-state index in [1.165, 1.54) is 0 Å². The van der Waals surface area contributed by atoms with Gasteiger partial charge in [0.2, 0.25) is 0 Å². The number of carboxylic acid groups (broad SMARTS) is 1. The summed E-state index contributed by atoms with van der Waals surface area (Å²) >= 11 is 5.76. The number of carbonyl (C=O) groups is 2. The van der Waals surface area contributed by atoms with Gasteiger partial charge in [-0.15, -0.1) is 0 Å². The van der Waals surface area contributed by atoms with Crippen LogP contribution in [0, 0.1) is 11.8 Å². The summed E-state index contributed by atoms with van der Waals surface area (Å²) in [6, 6.07) is 6.74. The van der Waals surface area contributed by atoms with Gasteiger partial charge in [-0.05, 0) is 23.6 Å². The first-order chi connectivity index (χ1) is 9.40. The van der Waals surface area contributed by atoms with Gasteiger partial charge in [-0.25, -0.2) is 4.79 Å². The fourth-order valence-electron chi connectivity index (χ4n) is 1.66. The van der Waals surface area contributed by atoms with Crippen LogP contribution in [0.15, 0.2) is 24.3 Å². The minimum Gasteiger partial charge on any atom is -0.481 e. The molecule has 0 saturated heterocycles.